The molecule has 0 atom stereocenters. The van der Waals surface area contributed by atoms with E-state index in [0.717, 1.165) is 0 Å². The molecule has 0 aliphatic carbocycles. The van der Waals surface area contributed by atoms with Gasteiger partial charge < -0.3 is 26.8 Å². The fourth-order valence-corrected chi connectivity index (χ4v) is 0. The van der Waals surface area contributed by atoms with Gasteiger partial charge in [0.2, 0.25) is 0 Å². The summed E-state index contributed by atoms with van der Waals surface area (Å²) >= 11 is 0. The van der Waals surface area contributed by atoms with Crippen LogP contribution in [0.3, 0.4) is 0 Å². The van der Waals surface area contributed by atoms with Crippen molar-refractivity contribution in [2.45, 2.75) is 0 Å². The van der Waals surface area contributed by atoms with E-state index in [0.29, 0.717) is 13.1 Å². The molecule has 6 nitrogen and oxygen atoms in total. The van der Waals surface area contributed by atoms with Gasteiger partial charge in [-0.05, 0) is 0 Å². The summed E-state index contributed by atoms with van der Waals surface area (Å²) in [6, 6.07) is 0. The molecule has 0 heterocycles. The minimum atomic E-state index is -1.75. The predicted octanol–water partition coefficient (Wildman–Crippen LogP) is -1.34. The van der Waals surface area contributed by atoms with Crippen molar-refractivity contribution in [3.63, 3.8) is 0 Å². The van der Waals surface area contributed by atoms with Crippen LogP contribution in [-0.4, -0.2) is 18.2 Å². The predicted molar refractivity (Wildman–Crippen MR) is 28.5 cm³/mol. The van der Waals surface area contributed by atoms with E-state index in [1.165, 1.54) is 0 Å². The SMILES string of the molecule is NCCN.O=[N+]([O-])[O-].[Pt]. The summed E-state index contributed by atoms with van der Waals surface area (Å²) in [6.45, 7) is 1.19. The number of rotatable bonds is 1. The summed E-state index contributed by atoms with van der Waals surface area (Å²) in [4.78, 5) is 8.25. The van der Waals surface area contributed by atoms with E-state index < -0.39 is 5.09 Å². The standard InChI is InChI=1S/C2H8N2.NO3.Pt/c3-1-2-4;2-1(3)4;/h1-4H2;;/q;-1;. The molecule has 0 rings (SSSR count). The largest absolute Gasteiger partial charge is 0.356 e. The molecule has 7 heteroatoms. The Morgan fingerprint density at radius 1 is 1.22 bits per heavy atom. The molecule has 0 spiro atoms. The molecule has 0 radical (unpaired) electrons. The van der Waals surface area contributed by atoms with Crippen LogP contribution in [0.25, 0.3) is 0 Å². The topological polar surface area (TPSA) is 118 Å². The molecule has 0 aromatic carbocycles. The number of hydrogen-bond donors (Lipinski definition) is 2. The number of nitrogens with two attached hydrogens (primary N) is 2. The minimum Gasteiger partial charge on any atom is -0.356 e. The normalized spacial score (nSPS) is 6.00. The van der Waals surface area contributed by atoms with Gasteiger partial charge in [-0.2, -0.15) is 0 Å². The van der Waals surface area contributed by atoms with Crippen molar-refractivity contribution in [3.05, 3.63) is 15.3 Å². The monoisotopic (exact) mass is 317 g/mol. The molecule has 0 aliphatic rings. The summed E-state index contributed by atoms with van der Waals surface area (Å²) in [7, 11) is 0. The summed E-state index contributed by atoms with van der Waals surface area (Å²) in [6.07, 6.45) is 0. The molecule has 4 N–H and O–H groups in total. The Morgan fingerprint density at radius 3 is 1.33 bits per heavy atom. The van der Waals surface area contributed by atoms with E-state index in [4.69, 9.17) is 26.8 Å². The zero-order chi connectivity index (χ0) is 6.99. The first-order chi connectivity index (χ1) is 3.65. The fraction of sp³-hybridized carbons (Fsp3) is 1.00. The van der Waals surface area contributed by atoms with Crippen LogP contribution in [0.5, 0.6) is 0 Å². The van der Waals surface area contributed by atoms with Crippen LogP contribution >= 0.6 is 0 Å². The van der Waals surface area contributed by atoms with Crippen LogP contribution in [0.4, 0.5) is 0 Å². The summed E-state index contributed by atoms with van der Waals surface area (Å²) < 4.78 is 0. The molecule has 0 amide bonds. The van der Waals surface area contributed by atoms with Crippen molar-refractivity contribution in [3.8, 4) is 0 Å². The third kappa shape index (κ3) is 403. The van der Waals surface area contributed by atoms with Gasteiger partial charge in [0.1, 0.15) is 0 Å². The molecule has 0 bridgehead atoms. The molecule has 60 valence electrons. The molecule has 0 fully saturated rings. The van der Waals surface area contributed by atoms with Crippen LogP contribution in [0.2, 0.25) is 0 Å². The Kier molecular flexibility index (Phi) is 27.7. The number of hydrogen-bond acceptors (Lipinski definition) is 5. The minimum absolute atomic E-state index is 0. The van der Waals surface area contributed by atoms with Crippen molar-refractivity contribution >= 4 is 0 Å². The van der Waals surface area contributed by atoms with Crippen LogP contribution in [0.15, 0.2) is 0 Å². The molecule has 0 aromatic heterocycles. The van der Waals surface area contributed by atoms with Gasteiger partial charge >= 0.3 is 0 Å². The van der Waals surface area contributed by atoms with Crippen molar-refractivity contribution in [2.24, 2.45) is 11.5 Å². The first-order valence-corrected chi connectivity index (χ1v) is 1.86. The van der Waals surface area contributed by atoms with Gasteiger partial charge in [0.25, 0.3) is 0 Å². The van der Waals surface area contributed by atoms with Gasteiger partial charge in [-0.25, -0.2) is 0 Å². The quantitative estimate of drug-likeness (QED) is 0.458. The van der Waals surface area contributed by atoms with E-state index in [1.54, 1.807) is 0 Å². The van der Waals surface area contributed by atoms with Crippen molar-refractivity contribution in [2.75, 3.05) is 13.1 Å². The van der Waals surface area contributed by atoms with E-state index in [1.807, 2.05) is 0 Å². The molecular formula is C2H8N3O3Pt-. The van der Waals surface area contributed by atoms with Gasteiger partial charge in [0.05, 0.1) is 5.09 Å². The molecule has 0 aromatic rings. The maximum absolute atomic E-state index is 8.25. The van der Waals surface area contributed by atoms with E-state index in [9.17, 15) is 0 Å². The smallest absolute Gasteiger partial charge is 0.0689 e. The maximum atomic E-state index is 8.25. The third-order valence-corrected chi connectivity index (χ3v) is 0.167. The van der Waals surface area contributed by atoms with Crippen LogP contribution in [0, 0.1) is 15.3 Å². The molecule has 0 unspecified atom stereocenters. The Labute approximate surface area is 66.6 Å². The van der Waals surface area contributed by atoms with Crippen molar-refractivity contribution in [1.82, 2.24) is 0 Å². The third-order valence-electron chi connectivity index (χ3n) is 0.167. The average molecular weight is 317 g/mol. The zero-order valence-corrected chi connectivity index (χ0v) is 6.83. The van der Waals surface area contributed by atoms with Crippen LogP contribution in [-0.2, 0) is 21.1 Å². The molecule has 9 heavy (non-hydrogen) atoms. The first-order valence-electron chi connectivity index (χ1n) is 1.86. The second-order valence-electron chi connectivity index (χ2n) is 0.801. The average Bonchev–Trinajstić information content (AvgIpc) is 1.65. The second-order valence-corrected chi connectivity index (χ2v) is 0.801. The molecule has 0 aliphatic heterocycles. The van der Waals surface area contributed by atoms with Gasteiger partial charge in [0.15, 0.2) is 0 Å². The molecular weight excluding hydrogens is 309 g/mol. The van der Waals surface area contributed by atoms with Crippen molar-refractivity contribution < 1.29 is 26.2 Å². The first kappa shape index (κ1) is 15.9. The summed E-state index contributed by atoms with van der Waals surface area (Å²) in [5, 5.41) is 14.8. The molecule has 0 saturated carbocycles. The Hall–Kier alpha value is -0.192. The molecule has 0 saturated heterocycles. The maximum Gasteiger partial charge on any atom is 0.0689 e. The van der Waals surface area contributed by atoms with E-state index in [2.05, 4.69) is 0 Å². The van der Waals surface area contributed by atoms with Gasteiger partial charge in [-0.3, -0.25) is 0 Å². The van der Waals surface area contributed by atoms with Crippen molar-refractivity contribution in [1.29, 1.82) is 0 Å². The second kappa shape index (κ2) is 15.7. The van der Waals surface area contributed by atoms with Gasteiger partial charge in [-0.1, -0.05) is 0 Å². The number of nitrogens with zero attached hydrogens (tertiary/aromatic N) is 1. The Bertz CT molecular complexity index is 55.0. The zero-order valence-electron chi connectivity index (χ0n) is 4.56. The fourth-order valence-electron chi connectivity index (χ4n) is 0. The van der Waals surface area contributed by atoms with Gasteiger partial charge in [-0.15, -0.1) is 0 Å². The summed E-state index contributed by atoms with van der Waals surface area (Å²) in [5.74, 6) is 0. The van der Waals surface area contributed by atoms with E-state index >= 15 is 0 Å². The Balaban J connectivity index is -0.0000000720. The van der Waals surface area contributed by atoms with Crippen LogP contribution < -0.4 is 11.5 Å². The summed E-state index contributed by atoms with van der Waals surface area (Å²) in [5.41, 5.74) is 9.81. The Morgan fingerprint density at radius 2 is 1.33 bits per heavy atom. The van der Waals surface area contributed by atoms with E-state index in [-0.39, 0.29) is 21.1 Å². The van der Waals surface area contributed by atoms with Crippen LogP contribution in [0.1, 0.15) is 0 Å². The van der Waals surface area contributed by atoms with Gasteiger partial charge in [0, 0.05) is 34.2 Å².